The third kappa shape index (κ3) is 3.23. The zero-order chi connectivity index (χ0) is 13.3. The van der Waals surface area contributed by atoms with Gasteiger partial charge in [0.15, 0.2) is 9.84 Å². The highest BCUT2D eigenvalue weighted by atomic mass is 32.2. The van der Waals surface area contributed by atoms with Gasteiger partial charge in [-0.15, -0.1) is 0 Å². The fourth-order valence-electron chi connectivity index (χ4n) is 2.98. The molecule has 2 saturated heterocycles. The molecule has 2 aliphatic heterocycles. The molecule has 1 amide bonds. The monoisotopic (exact) mass is 274 g/mol. The molecule has 0 bridgehead atoms. The highest BCUT2D eigenvalue weighted by Crippen LogP contribution is 2.24. The van der Waals surface area contributed by atoms with E-state index in [-0.39, 0.29) is 35.4 Å². The van der Waals surface area contributed by atoms with Crippen LogP contribution in [0.15, 0.2) is 0 Å². The van der Waals surface area contributed by atoms with Crippen molar-refractivity contribution in [3.05, 3.63) is 0 Å². The summed E-state index contributed by atoms with van der Waals surface area (Å²) in [6, 6.07) is 0.371. The number of carbonyl (C=O) groups is 1. The Hall–Kier alpha value is -0.620. The lowest BCUT2D eigenvalue weighted by Crippen LogP contribution is -2.48. The fraction of sp³-hybridized carbons (Fsp3) is 0.917. The standard InChI is InChI=1S/C12H22N2O3S/c1-9-6-11(13)2-4-14(9)12(15)7-10-3-5-18(16,17)8-10/h9-11H,2-8,13H2,1H3. The summed E-state index contributed by atoms with van der Waals surface area (Å²) in [5, 5.41) is 0. The molecule has 0 aromatic rings. The van der Waals surface area contributed by atoms with Crippen molar-refractivity contribution in [3.63, 3.8) is 0 Å². The normalized spacial score (nSPS) is 35.7. The van der Waals surface area contributed by atoms with Crippen molar-refractivity contribution in [2.24, 2.45) is 11.7 Å². The van der Waals surface area contributed by atoms with Gasteiger partial charge in [-0.1, -0.05) is 0 Å². The Balaban J connectivity index is 1.89. The smallest absolute Gasteiger partial charge is 0.223 e. The van der Waals surface area contributed by atoms with Gasteiger partial charge in [0, 0.05) is 25.0 Å². The minimum atomic E-state index is -2.88. The van der Waals surface area contributed by atoms with Crippen LogP contribution in [0, 0.1) is 5.92 Å². The van der Waals surface area contributed by atoms with E-state index in [1.807, 2.05) is 11.8 Å². The molecule has 3 atom stereocenters. The molecular weight excluding hydrogens is 252 g/mol. The van der Waals surface area contributed by atoms with E-state index in [2.05, 4.69) is 0 Å². The van der Waals surface area contributed by atoms with E-state index in [1.165, 1.54) is 0 Å². The number of hydrogen-bond acceptors (Lipinski definition) is 4. The number of sulfone groups is 1. The molecule has 0 saturated carbocycles. The van der Waals surface area contributed by atoms with Gasteiger partial charge in [0.1, 0.15) is 0 Å². The Labute approximate surface area is 109 Å². The molecule has 104 valence electrons. The number of rotatable bonds is 2. The first-order valence-electron chi connectivity index (χ1n) is 6.63. The van der Waals surface area contributed by atoms with E-state index in [4.69, 9.17) is 5.73 Å². The highest BCUT2D eigenvalue weighted by Gasteiger charge is 2.33. The van der Waals surface area contributed by atoms with Crippen molar-refractivity contribution in [1.29, 1.82) is 0 Å². The van der Waals surface area contributed by atoms with Gasteiger partial charge in [0.2, 0.25) is 5.91 Å². The third-order valence-electron chi connectivity index (χ3n) is 4.03. The SMILES string of the molecule is CC1CC(N)CCN1C(=O)CC1CCS(=O)(=O)C1. The van der Waals surface area contributed by atoms with Gasteiger partial charge in [0.25, 0.3) is 0 Å². The largest absolute Gasteiger partial charge is 0.340 e. The quantitative estimate of drug-likeness (QED) is 0.777. The van der Waals surface area contributed by atoms with Crippen molar-refractivity contribution in [1.82, 2.24) is 4.90 Å². The summed E-state index contributed by atoms with van der Waals surface area (Å²) in [4.78, 5) is 14.0. The number of likely N-dealkylation sites (tertiary alicyclic amines) is 1. The molecule has 0 spiro atoms. The van der Waals surface area contributed by atoms with Crippen LogP contribution in [0.3, 0.4) is 0 Å². The van der Waals surface area contributed by atoms with E-state index >= 15 is 0 Å². The second kappa shape index (κ2) is 5.17. The number of nitrogens with two attached hydrogens (primary N) is 1. The van der Waals surface area contributed by atoms with Crippen LogP contribution in [0.25, 0.3) is 0 Å². The molecule has 2 fully saturated rings. The zero-order valence-corrected chi connectivity index (χ0v) is 11.7. The van der Waals surface area contributed by atoms with E-state index in [0.717, 1.165) is 12.8 Å². The lowest BCUT2D eigenvalue weighted by atomic mass is 9.97. The summed E-state index contributed by atoms with van der Waals surface area (Å²) in [6.07, 6.45) is 2.70. The molecule has 2 heterocycles. The van der Waals surface area contributed by atoms with Crippen molar-refractivity contribution in [2.75, 3.05) is 18.1 Å². The molecule has 0 aromatic heterocycles. The number of nitrogens with zero attached hydrogens (tertiary/aromatic N) is 1. The minimum absolute atomic E-state index is 0.0188. The van der Waals surface area contributed by atoms with Crippen LogP contribution in [0.4, 0.5) is 0 Å². The first kappa shape index (κ1) is 13.8. The van der Waals surface area contributed by atoms with Gasteiger partial charge >= 0.3 is 0 Å². The second-order valence-corrected chi connectivity index (χ2v) is 7.92. The van der Waals surface area contributed by atoms with E-state index in [1.54, 1.807) is 0 Å². The predicted molar refractivity (Wildman–Crippen MR) is 69.8 cm³/mol. The maximum Gasteiger partial charge on any atom is 0.223 e. The maximum absolute atomic E-state index is 12.2. The van der Waals surface area contributed by atoms with Crippen molar-refractivity contribution in [3.8, 4) is 0 Å². The summed E-state index contributed by atoms with van der Waals surface area (Å²) in [5.41, 5.74) is 5.87. The summed E-state index contributed by atoms with van der Waals surface area (Å²) < 4.78 is 22.7. The van der Waals surface area contributed by atoms with E-state index in [9.17, 15) is 13.2 Å². The Morgan fingerprint density at radius 2 is 2.11 bits per heavy atom. The predicted octanol–water partition coefficient (Wildman–Crippen LogP) is 0.149. The van der Waals surface area contributed by atoms with Crippen LogP contribution >= 0.6 is 0 Å². The fourth-order valence-corrected chi connectivity index (χ4v) is 4.84. The Kier molecular flexibility index (Phi) is 3.96. The molecule has 3 unspecified atom stereocenters. The van der Waals surface area contributed by atoms with Crippen molar-refractivity contribution in [2.45, 2.75) is 44.7 Å². The average Bonchev–Trinajstić information content (AvgIpc) is 2.57. The summed E-state index contributed by atoms with van der Waals surface area (Å²) >= 11 is 0. The van der Waals surface area contributed by atoms with E-state index in [0.29, 0.717) is 19.4 Å². The Bertz CT molecular complexity index is 421. The van der Waals surface area contributed by atoms with E-state index < -0.39 is 9.84 Å². The molecule has 18 heavy (non-hydrogen) atoms. The van der Waals surface area contributed by atoms with Gasteiger partial charge in [-0.05, 0) is 32.1 Å². The van der Waals surface area contributed by atoms with Crippen LogP contribution in [-0.2, 0) is 14.6 Å². The lowest BCUT2D eigenvalue weighted by Gasteiger charge is -2.36. The zero-order valence-electron chi connectivity index (χ0n) is 10.8. The molecule has 0 aliphatic carbocycles. The maximum atomic E-state index is 12.2. The topological polar surface area (TPSA) is 80.5 Å². The third-order valence-corrected chi connectivity index (χ3v) is 5.86. The minimum Gasteiger partial charge on any atom is -0.340 e. The highest BCUT2D eigenvalue weighted by molar-refractivity contribution is 7.91. The van der Waals surface area contributed by atoms with Gasteiger partial charge < -0.3 is 10.6 Å². The first-order chi connectivity index (χ1) is 8.37. The van der Waals surface area contributed by atoms with Crippen LogP contribution in [0.5, 0.6) is 0 Å². The lowest BCUT2D eigenvalue weighted by molar-refractivity contribution is -0.135. The second-order valence-electron chi connectivity index (χ2n) is 5.69. The van der Waals surface area contributed by atoms with Crippen LogP contribution in [-0.4, -0.2) is 49.4 Å². The summed E-state index contributed by atoms with van der Waals surface area (Å²) in [5.74, 6) is 0.535. The van der Waals surface area contributed by atoms with Crippen molar-refractivity contribution < 1.29 is 13.2 Å². The number of hydrogen-bond donors (Lipinski definition) is 1. The molecule has 2 aliphatic rings. The molecule has 2 N–H and O–H groups in total. The van der Waals surface area contributed by atoms with Crippen LogP contribution < -0.4 is 5.73 Å². The Morgan fingerprint density at radius 3 is 2.67 bits per heavy atom. The first-order valence-corrected chi connectivity index (χ1v) is 8.45. The summed E-state index contributed by atoms with van der Waals surface area (Å²) in [6.45, 7) is 2.73. The number of carbonyl (C=O) groups excluding carboxylic acids is 1. The Morgan fingerprint density at radius 1 is 1.39 bits per heavy atom. The number of piperidine rings is 1. The number of amides is 1. The molecule has 2 rings (SSSR count). The van der Waals surface area contributed by atoms with Gasteiger partial charge in [0.05, 0.1) is 11.5 Å². The van der Waals surface area contributed by atoms with Crippen LogP contribution in [0.2, 0.25) is 0 Å². The van der Waals surface area contributed by atoms with Gasteiger partial charge in [-0.25, -0.2) is 8.42 Å². The van der Waals surface area contributed by atoms with Gasteiger partial charge in [-0.2, -0.15) is 0 Å². The van der Waals surface area contributed by atoms with Crippen LogP contribution in [0.1, 0.15) is 32.6 Å². The average molecular weight is 274 g/mol. The molecule has 5 nitrogen and oxygen atoms in total. The molecule has 0 radical (unpaired) electrons. The molecule has 6 heteroatoms. The summed E-state index contributed by atoms with van der Waals surface area (Å²) in [7, 11) is -2.88. The van der Waals surface area contributed by atoms with Gasteiger partial charge in [-0.3, -0.25) is 4.79 Å². The van der Waals surface area contributed by atoms with Crippen molar-refractivity contribution >= 4 is 15.7 Å². The molecular formula is C12H22N2O3S. The molecule has 0 aromatic carbocycles.